The number of imidazole rings is 1. The third-order valence-electron chi connectivity index (χ3n) is 5.58. The Morgan fingerprint density at radius 3 is 2.41 bits per heavy atom. The van der Waals surface area contributed by atoms with Crippen LogP contribution in [-0.4, -0.2) is 43.3 Å². The predicted octanol–water partition coefficient (Wildman–Crippen LogP) is 4.54. The van der Waals surface area contributed by atoms with Gasteiger partial charge in [0.05, 0.1) is 33.9 Å². The van der Waals surface area contributed by atoms with E-state index in [0.717, 1.165) is 28.1 Å². The minimum Gasteiger partial charge on any atom is -0.496 e. The van der Waals surface area contributed by atoms with Crippen molar-refractivity contribution in [3.05, 3.63) is 90.5 Å². The topological polar surface area (TPSA) is 74.6 Å². The zero-order valence-electron chi connectivity index (χ0n) is 19.4. The number of para-hydroxylation sites is 1. The maximum Gasteiger partial charge on any atom is 0.269 e. The van der Waals surface area contributed by atoms with Crippen molar-refractivity contribution < 1.29 is 19.0 Å². The van der Waals surface area contributed by atoms with Crippen molar-refractivity contribution in [3.63, 3.8) is 0 Å². The number of rotatable bonds is 9. The Morgan fingerprint density at radius 1 is 0.853 bits per heavy atom. The molecular formula is C27H27N3O4. The molecule has 7 nitrogen and oxygen atoms in total. The fourth-order valence-corrected chi connectivity index (χ4v) is 3.83. The van der Waals surface area contributed by atoms with Crippen LogP contribution in [0.3, 0.4) is 0 Å². The molecule has 4 rings (SSSR count). The number of nitrogens with one attached hydrogen (secondary N) is 1. The summed E-state index contributed by atoms with van der Waals surface area (Å²) in [6.07, 6.45) is 3.88. The molecule has 0 saturated heterocycles. The first-order valence-electron chi connectivity index (χ1n) is 10.9. The molecule has 1 aromatic heterocycles. The molecule has 0 atom stereocenters. The highest BCUT2D eigenvalue weighted by Crippen LogP contribution is 2.33. The molecule has 7 heteroatoms. The molecule has 1 N–H and O–H groups in total. The lowest BCUT2D eigenvalue weighted by molar-refractivity contribution is 0.0947. The first-order valence-corrected chi connectivity index (χ1v) is 10.9. The van der Waals surface area contributed by atoms with E-state index in [0.29, 0.717) is 30.2 Å². The molecule has 3 aromatic carbocycles. The van der Waals surface area contributed by atoms with Crippen LogP contribution in [0.15, 0.2) is 79.3 Å². The molecule has 0 saturated carbocycles. The smallest absolute Gasteiger partial charge is 0.269 e. The minimum absolute atomic E-state index is 0.191. The Morgan fingerprint density at radius 2 is 1.62 bits per heavy atom. The van der Waals surface area contributed by atoms with E-state index in [2.05, 4.69) is 10.3 Å². The zero-order chi connectivity index (χ0) is 23.9. The van der Waals surface area contributed by atoms with E-state index in [9.17, 15) is 4.79 Å². The number of ether oxygens (including phenoxy) is 3. The Bertz CT molecular complexity index is 1280. The van der Waals surface area contributed by atoms with Crippen molar-refractivity contribution in [2.75, 3.05) is 27.9 Å². The molecule has 0 aliphatic carbocycles. The van der Waals surface area contributed by atoms with Gasteiger partial charge in [0, 0.05) is 12.2 Å². The van der Waals surface area contributed by atoms with Gasteiger partial charge < -0.3 is 19.5 Å². The van der Waals surface area contributed by atoms with Crippen molar-refractivity contribution >= 4 is 5.91 Å². The molecule has 34 heavy (non-hydrogen) atoms. The molecular weight excluding hydrogens is 430 g/mol. The van der Waals surface area contributed by atoms with E-state index in [1.165, 1.54) is 0 Å². The summed E-state index contributed by atoms with van der Waals surface area (Å²) in [5.74, 6) is 1.95. The summed E-state index contributed by atoms with van der Waals surface area (Å²) in [5.41, 5.74) is 4.29. The van der Waals surface area contributed by atoms with Gasteiger partial charge in [-0.1, -0.05) is 36.4 Å². The number of hydrogen-bond donors (Lipinski definition) is 1. The van der Waals surface area contributed by atoms with Crippen molar-refractivity contribution in [1.82, 2.24) is 14.9 Å². The highest BCUT2D eigenvalue weighted by molar-refractivity contribution is 5.93. The number of benzene rings is 3. The lowest BCUT2D eigenvalue weighted by Gasteiger charge is -2.13. The normalized spacial score (nSPS) is 10.6. The van der Waals surface area contributed by atoms with E-state index in [1.807, 2.05) is 66.7 Å². The van der Waals surface area contributed by atoms with Crippen molar-refractivity contribution in [1.29, 1.82) is 0 Å². The van der Waals surface area contributed by atoms with Gasteiger partial charge in [0.1, 0.15) is 11.4 Å². The lowest BCUT2D eigenvalue weighted by atomic mass is 10.0. The monoisotopic (exact) mass is 457 g/mol. The molecule has 1 amide bonds. The SMILES string of the molecule is COc1ccccc1CCNC(=O)c1cncn1-c1cccc(-c2ccc(OC)c(OC)c2)c1. The molecule has 0 bridgehead atoms. The molecule has 0 unspecified atom stereocenters. The fourth-order valence-electron chi connectivity index (χ4n) is 3.83. The quantitative estimate of drug-likeness (QED) is 0.400. The predicted molar refractivity (Wildman–Crippen MR) is 131 cm³/mol. The van der Waals surface area contributed by atoms with Crippen LogP contribution in [0.2, 0.25) is 0 Å². The highest BCUT2D eigenvalue weighted by Gasteiger charge is 2.14. The number of carbonyl (C=O) groups is 1. The van der Waals surface area contributed by atoms with E-state index >= 15 is 0 Å². The third kappa shape index (κ3) is 4.88. The minimum atomic E-state index is -0.191. The second-order valence-corrected chi connectivity index (χ2v) is 7.59. The summed E-state index contributed by atoms with van der Waals surface area (Å²) in [6, 6.07) is 21.5. The van der Waals surface area contributed by atoms with Gasteiger partial charge in [-0.3, -0.25) is 9.36 Å². The Hall–Kier alpha value is -4.26. The molecule has 0 fully saturated rings. The summed E-state index contributed by atoms with van der Waals surface area (Å²) in [6.45, 7) is 0.482. The molecule has 0 aliphatic rings. The van der Waals surface area contributed by atoms with Gasteiger partial charge in [0.15, 0.2) is 11.5 Å². The molecule has 0 radical (unpaired) electrons. The molecule has 0 spiro atoms. The van der Waals surface area contributed by atoms with Crippen LogP contribution in [0.1, 0.15) is 16.1 Å². The van der Waals surface area contributed by atoms with Crippen LogP contribution in [0.5, 0.6) is 17.2 Å². The molecule has 4 aromatic rings. The van der Waals surface area contributed by atoms with Crippen molar-refractivity contribution in [2.45, 2.75) is 6.42 Å². The summed E-state index contributed by atoms with van der Waals surface area (Å²) in [5, 5.41) is 2.98. The summed E-state index contributed by atoms with van der Waals surface area (Å²) in [7, 11) is 4.87. The largest absolute Gasteiger partial charge is 0.496 e. The van der Waals surface area contributed by atoms with Crippen LogP contribution in [0.25, 0.3) is 16.8 Å². The Kier molecular flexibility index (Phi) is 7.13. The van der Waals surface area contributed by atoms with E-state index < -0.39 is 0 Å². The number of hydrogen-bond acceptors (Lipinski definition) is 5. The Labute approximate surface area is 198 Å². The second kappa shape index (κ2) is 10.6. The summed E-state index contributed by atoms with van der Waals surface area (Å²) >= 11 is 0. The summed E-state index contributed by atoms with van der Waals surface area (Å²) in [4.78, 5) is 17.1. The van der Waals surface area contributed by atoms with Gasteiger partial charge in [-0.05, 0) is 53.4 Å². The number of amides is 1. The third-order valence-corrected chi connectivity index (χ3v) is 5.58. The zero-order valence-corrected chi connectivity index (χ0v) is 19.4. The van der Waals surface area contributed by atoms with Gasteiger partial charge in [-0.15, -0.1) is 0 Å². The summed E-state index contributed by atoms with van der Waals surface area (Å²) < 4.78 is 17.9. The first kappa shape index (κ1) is 22.9. The van der Waals surface area contributed by atoms with Crippen LogP contribution in [0.4, 0.5) is 0 Å². The van der Waals surface area contributed by atoms with Crippen LogP contribution in [-0.2, 0) is 6.42 Å². The van der Waals surface area contributed by atoms with E-state index in [4.69, 9.17) is 14.2 Å². The molecule has 1 heterocycles. The molecule has 0 aliphatic heterocycles. The van der Waals surface area contributed by atoms with Crippen molar-refractivity contribution in [2.24, 2.45) is 0 Å². The fraction of sp³-hybridized carbons (Fsp3) is 0.185. The molecule has 174 valence electrons. The average molecular weight is 458 g/mol. The lowest BCUT2D eigenvalue weighted by Crippen LogP contribution is -2.27. The van der Waals surface area contributed by atoms with Crippen molar-refractivity contribution in [3.8, 4) is 34.1 Å². The van der Waals surface area contributed by atoms with Gasteiger partial charge in [0.2, 0.25) is 0 Å². The number of methoxy groups -OCH3 is 3. The van der Waals surface area contributed by atoms with Gasteiger partial charge >= 0.3 is 0 Å². The van der Waals surface area contributed by atoms with E-state index in [1.54, 1.807) is 38.4 Å². The van der Waals surface area contributed by atoms with E-state index in [-0.39, 0.29) is 5.91 Å². The number of nitrogens with zero attached hydrogens (tertiary/aromatic N) is 2. The van der Waals surface area contributed by atoms with Gasteiger partial charge in [-0.25, -0.2) is 4.98 Å². The number of carbonyl (C=O) groups excluding carboxylic acids is 1. The van der Waals surface area contributed by atoms with Gasteiger partial charge in [0.25, 0.3) is 5.91 Å². The standard InChI is InChI=1S/C27H27N3O4/c1-32-24-10-5-4-7-19(24)13-14-29-27(31)23-17-28-18-30(23)22-9-6-8-20(15-22)21-11-12-25(33-2)26(16-21)34-3/h4-12,15-18H,13-14H2,1-3H3,(H,29,31). The highest BCUT2D eigenvalue weighted by atomic mass is 16.5. The van der Waals surface area contributed by atoms with Crippen LogP contribution < -0.4 is 19.5 Å². The number of aromatic nitrogens is 2. The maximum atomic E-state index is 12.9. The average Bonchev–Trinajstić information content (AvgIpc) is 3.39. The van der Waals surface area contributed by atoms with Crippen LogP contribution >= 0.6 is 0 Å². The maximum absolute atomic E-state index is 12.9. The second-order valence-electron chi connectivity index (χ2n) is 7.59. The Balaban J connectivity index is 1.52. The van der Waals surface area contributed by atoms with Crippen LogP contribution in [0, 0.1) is 0 Å². The first-order chi connectivity index (χ1) is 16.6. The van der Waals surface area contributed by atoms with Gasteiger partial charge in [-0.2, -0.15) is 0 Å².